The molecule has 3 rings (SSSR count). The standard InChI is InChI=1S/C17H26N4O2/c1-3-4-10-21-12(2)14(11-18-21)19-16(22)15-6-5-9-20(15)17(23)13-7-8-13/h11,13,15H,3-10H2,1-2H3,(H,19,22). The van der Waals surface area contributed by atoms with Gasteiger partial charge in [0.1, 0.15) is 6.04 Å². The second-order valence-electron chi connectivity index (χ2n) is 6.67. The van der Waals surface area contributed by atoms with Crippen molar-refractivity contribution in [2.75, 3.05) is 11.9 Å². The highest BCUT2D eigenvalue weighted by Gasteiger charge is 2.40. The molecule has 2 heterocycles. The molecule has 6 nitrogen and oxygen atoms in total. The molecule has 0 radical (unpaired) electrons. The molecule has 1 aromatic rings. The molecule has 1 unspecified atom stereocenters. The van der Waals surface area contributed by atoms with Crippen LogP contribution in [0.4, 0.5) is 5.69 Å². The molecule has 0 spiro atoms. The Balaban J connectivity index is 1.64. The van der Waals surface area contributed by atoms with Crippen LogP contribution in [0.15, 0.2) is 6.20 Å². The molecular formula is C17H26N4O2. The Labute approximate surface area is 137 Å². The molecule has 1 saturated carbocycles. The fourth-order valence-corrected chi connectivity index (χ4v) is 3.19. The molecule has 6 heteroatoms. The summed E-state index contributed by atoms with van der Waals surface area (Å²) in [7, 11) is 0. The zero-order chi connectivity index (χ0) is 16.4. The van der Waals surface area contributed by atoms with Gasteiger partial charge in [-0.2, -0.15) is 5.10 Å². The third-order valence-electron chi connectivity index (χ3n) is 4.85. The lowest BCUT2D eigenvalue weighted by molar-refractivity contribution is -0.137. The summed E-state index contributed by atoms with van der Waals surface area (Å²) in [5.74, 6) is 0.259. The Morgan fingerprint density at radius 3 is 2.83 bits per heavy atom. The van der Waals surface area contributed by atoms with Crippen LogP contribution in [-0.2, 0) is 16.1 Å². The van der Waals surface area contributed by atoms with Crippen molar-refractivity contribution in [1.82, 2.24) is 14.7 Å². The highest BCUT2D eigenvalue weighted by molar-refractivity contribution is 5.98. The van der Waals surface area contributed by atoms with E-state index < -0.39 is 0 Å². The minimum Gasteiger partial charge on any atom is -0.330 e. The molecule has 1 aliphatic carbocycles. The van der Waals surface area contributed by atoms with E-state index in [1.54, 1.807) is 11.1 Å². The molecule has 126 valence electrons. The second-order valence-corrected chi connectivity index (χ2v) is 6.67. The number of carbonyl (C=O) groups is 2. The molecule has 2 amide bonds. The number of likely N-dealkylation sites (tertiary alicyclic amines) is 1. The first kappa shape index (κ1) is 16.0. The monoisotopic (exact) mass is 318 g/mol. The van der Waals surface area contributed by atoms with E-state index in [-0.39, 0.29) is 23.8 Å². The van der Waals surface area contributed by atoms with Gasteiger partial charge >= 0.3 is 0 Å². The van der Waals surface area contributed by atoms with Crippen LogP contribution >= 0.6 is 0 Å². The predicted molar refractivity (Wildman–Crippen MR) is 88.0 cm³/mol. The van der Waals surface area contributed by atoms with Gasteiger partial charge in [0.2, 0.25) is 11.8 Å². The quantitative estimate of drug-likeness (QED) is 0.875. The summed E-state index contributed by atoms with van der Waals surface area (Å²) < 4.78 is 1.93. The second kappa shape index (κ2) is 6.72. The summed E-state index contributed by atoms with van der Waals surface area (Å²) in [6, 6.07) is -0.318. The van der Waals surface area contributed by atoms with E-state index in [2.05, 4.69) is 17.3 Å². The SMILES string of the molecule is CCCCn1ncc(NC(=O)C2CCCN2C(=O)C2CC2)c1C. The predicted octanol–water partition coefficient (Wildman–Crippen LogP) is 2.33. The maximum atomic E-state index is 12.6. The van der Waals surface area contributed by atoms with E-state index in [9.17, 15) is 9.59 Å². The number of unbranched alkanes of at least 4 members (excludes halogenated alkanes) is 1. The lowest BCUT2D eigenvalue weighted by Gasteiger charge is -2.23. The highest BCUT2D eigenvalue weighted by Crippen LogP contribution is 2.34. The summed E-state index contributed by atoms with van der Waals surface area (Å²) in [4.78, 5) is 26.7. The highest BCUT2D eigenvalue weighted by atomic mass is 16.2. The van der Waals surface area contributed by atoms with Crippen LogP contribution in [0.2, 0.25) is 0 Å². The van der Waals surface area contributed by atoms with Crippen LogP contribution < -0.4 is 5.32 Å². The fraction of sp³-hybridized carbons (Fsp3) is 0.706. The van der Waals surface area contributed by atoms with E-state index in [1.165, 1.54) is 0 Å². The maximum absolute atomic E-state index is 12.6. The van der Waals surface area contributed by atoms with Crippen molar-refractivity contribution in [3.63, 3.8) is 0 Å². The van der Waals surface area contributed by atoms with Crippen LogP contribution in [0, 0.1) is 12.8 Å². The number of nitrogens with zero attached hydrogens (tertiary/aromatic N) is 3. The van der Waals surface area contributed by atoms with Gasteiger partial charge in [0.05, 0.1) is 17.6 Å². The summed E-state index contributed by atoms with van der Waals surface area (Å²) in [6.45, 7) is 5.70. The Kier molecular flexibility index (Phi) is 4.68. The number of amides is 2. The summed E-state index contributed by atoms with van der Waals surface area (Å²) in [5, 5.41) is 7.32. The van der Waals surface area contributed by atoms with Crippen molar-refractivity contribution >= 4 is 17.5 Å². The molecule has 1 atom stereocenters. The molecule has 0 aromatic carbocycles. The van der Waals surface area contributed by atoms with Crippen LogP contribution in [0.1, 0.15) is 51.1 Å². The smallest absolute Gasteiger partial charge is 0.247 e. The van der Waals surface area contributed by atoms with E-state index in [4.69, 9.17) is 0 Å². The van der Waals surface area contributed by atoms with Gasteiger partial charge in [-0.05, 0) is 39.0 Å². The number of hydrogen-bond donors (Lipinski definition) is 1. The first-order valence-electron chi connectivity index (χ1n) is 8.75. The number of aryl methyl sites for hydroxylation is 1. The number of nitrogens with one attached hydrogen (secondary N) is 1. The normalized spacial score (nSPS) is 20.8. The van der Waals surface area contributed by atoms with E-state index >= 15 is 0 Å². The molecular weight excluding hydrogens is 292 g/mol. The first-order valence-corrected chi connectivity index (χ1v) is 8.75. The van der Waals surface area contributed by atoms with E-state index in [0.29, 0.717) is 6.54 Å². The van der Waals surface area contributed by atoms with Gasteiger partial charge in [-0.25, -0.2) is 0 Å². The van der Waals surface area contributed by atoms with Crippen molar-refractivity contribution in [3.05, 3.63) is 11.9 Å². The Morgan fingerprint density at radius 2 is 2.13 bits per heavy atom. The Morgan fingerprint density at radius 1 is 1.35 bits per heavy atom. The molecule has 1 aliphatic heterocycles. The average Bonchev–Trinajstić information content (AvgIpc) is 3.18. The lowest BCUT2D eigenvalue weighted by Crippen LogP contribution is -2.43. The topological polar surface area (TPSA) is 67.2 Å². The number of carbonyl (C=O) groups excluding carboxylic acids is 2. The van der Waals surface area contributed by atoms with E-state index in [1.807, 2.05) is 11.6 Å². The molecule has 0 bridgehead atoms. The van der Waals surface area contributed by atoms with Gasteiger partial charge in [0, 0.05) is 19.0 Å². The molecule has 1 aromatic heterocycles. The summed E-state index contributed by atoms with van der Waals surface area (Å²) >= 11 is 0. The van der Waals surface area contributed by atoms with Gasteiger partial charge in [0.15, 0.2) is 0 Å². The minimum atomic E-state index is -0.318. The number of aromatic nitrogens is 2. The Hall–Kier alpha value is -1.85. The van der Waals surface area contributed by atoms with Gasteiger partial charge in [0.25, 0.3) is 0 Å². The first-order chi connectivity index (χ1) is 11.1. The van der Waals surface area contributed by atoms with Gasteiger partial charge < -0.3 is 10.2 Å². The summed E-state index contributed by atoms with van der Waals surface area (Å²) in [6.07, 6.45) is 7.52. The third-order valence-corrected chi connectivity index (χ3v) is 4.85. The number of hydrogen-bond acceptors (Lipinski definition) is 3. The maximum Gasteiger partial charge on any atom is 0.247 e. The molecule has 23 heavy (non-hydrogen) atoms. The lowest BCUT2D eigenvalue weighted by atomic mass is 10.2. The van der Waals surface area contributed by atoms with Crippen LogP contribution in [0.25, 0.3) is 0 Å². The Bertz CT molecular complexity index is 591. The zero-order valence-corrected chi connectivity index (χ0v) is 14.0. The molecule has 2 fully saturated rings. The molecule has 1 N–H and O–H groups in total. The molecule has 1 saturated heterocycles. The van der Waals surface area contributed by atoms with Gasteiger partial charge in [-0.1, -0.05) is 13.3 Å². The minimum absolute atomic E-state index is 0.0744. The summed E-state index contributed by atoms with van der Waals surface area (Å²) in [5.41, 5.74) is 1.74. The molecule has 2 aliphatic rings. The van der Waals surface area contributed by atoms with Crippen molar-refractivity contribution in [2.45, 2.75) is 65.0 Å². The number of rotatable bonds is 6. The zero-order valence-electron chi connectivity index (χ0n) is 14.0. The van der Waals surface area contributed by atoms with Crippen LogP contribution in [0.3, 0.4) is 0 Å². The van der Waals surface area contributed by atoms with Crippen molar-refractivity contribution in [2.24, 2.45) is 5.92 Å². The van der Waals surface area contributed by atoms with Crippen LogP contribution in [-0.4, -0.2) is 39.1 Å². The van der Waals surface area contributed by atoms with Gasteiger partial charge in [-0.15, -0.1) is 0 Å². The van der Waals surface area contributed by atoms with Gasteiger partial charge in [-0.3, -0.25) is 14.3 Å². The average molecular weight is 318 g/mol. The third kappa shape index (κ3) is 3.41. The largest absolute Gasteiger partial charge is 0.330 e. The van der Waals surface area contributed by atoms with Crippen LogP contribution in [0.5, 0.6) is 0 Å². The number of anilines is 1. The van der Waals surface area contributed by atoms with Crippen molar-refractivity contribution in [3.8, 4) is 0 Å². The fourth-order valence-electron chi connectivity index (χ4n) is 3.19. The van der Waals surface area contributed by atoms with Crippen molar-refractivity contribution < 1.29 is 9.59 Å². The van der Waals surface area contributed by atoms with E-state index in [0.717, 1.165) is 56.5 Å². The van der Waals surface area contributed by atoms with Crippen molar-refractivity contribution in [1.29, 1.82) is 0 Å².